The Hall–Kier alpha value is -1.32. The molecular weight excluding hydrogens is 292 g/mol. The first-order chi connectivity index (χ1) is 11.2. The number of rotatable bonds is 4. The summed E-state index contributed by atoms with van der Waals surface area (Å²) in [6, 6.07) is 0. The summed E-state index contributed by atoms with van der Waals surface area (Å²) in [5.41, 5.74) is 1.82. The van der Waals surface area contributed by atoms with E-state index in [-0.39, 0.29) is 36.0 Å². The number of hydrogen-bond donors (Lipinski definition) is 0. The Morgan fingerprint density at radius 3 is 2.09 bits per heavy atom. The summed E-state index contributed by atoms with van der Waals surface area (Å²) in [7, 11) is 0. The van der Waals surface area contributed by atoms with E-state index in [0.717, 1.165) is 76.2 Å². The van der Waals surface area contributed by atoms with Gasteiger partial charge in [0.1, 0.15) is 12.2 Å². The van der Waals surface area contributed by atoms with Crippen molar-refractivity contribution < 1.29 is 19.1 Å². The van der Waals surface area contributed by atoms with Gasteiger partial charge in [0.25, 0.3) is 0 Å². The molecule has 0 aromatic rings. The first-order valence-electron chi connectivity index (χ1n) is 9.36. The number of carbonyl (C=O) groups is 2. The maximum absolute atomic E-state index is 12.7. The lowest BCUT2D eigenvalue weighted by Crippen LogP contribution is -2.32. The fourth-order valence-electron chi connectivity index (χ4n) is 4.91. The van der Waals surface area contributed by atoms with Gasteiger partial charge in [0.15, 0.2) is 0 Å². The van der Waals surface area contributed by atoms with E-state index in [0.29, 0.717) is 5.57 Å². The summed E-state index contributed by atoms with van der Waals surface area (Å²) in [6.45, 7) is 0. The van der Waals surface area contributed by atoms with E-state index in [1.54, 1.807) is 0 Å². The summed E-state index contributed by atoms with van der Waals surface area (Å²) in [4.78, 5) is 25.3. The van der Waals surface area contributed by atoms with E-state index in [1.807, 2.05) is 0 Å². The van der Waals surface area contributed by atoms with Crippen LogP contribution in [0, 0.1) is 11.8 Å². The van der Waals surface area contributed by atoms with E-state index in [4.69, 9.17) is 9.47 Å². The van der Waals surface area contributed by atoms with E-state index < -0.39 is 0 Å². The Bertz CT molecular complexity index is 523. The molecule has 4 heteroatoms. The normalized spacial score (nSPS) is 31.1. The number of carbonyl (C=O) groups excluding carboxylic acids is 2. The molecule has 4 aliphatic rings. The first-order valence-corrected chi connectivity index (χ1v) is 9.36. The van der Waals surface area contributed by atoms with Gasteiger partial charge >= 0.3 is 11.9 Å². The topological polar surface area (TPSA) is 52.6 Å². The maximum Gasteiger partial charge on any atom is 0.335 e. The molecule has 126 valence electrons. The van der Waals surface area contributed by atoms with Crippen molar-refractivity contribution >= 4 is 11.9 Å². The molecule has 0 radical (unpaired) electrons. The van der Waals surface area contributed by atoms with Crippen molar-refractivity contribution in [1.29, 1.82) is 0 Å². The van der Waals surface area contributed by atoms with E-state index in [1.165, 1.54) is 0 Å². The molecule has 2 unspecified atom stereocenters. The second-order valence-corrected chi connectivity index (χ2v) is 7.65. The smallest absolute Gasteiger partial charge is 0.335 e. The Kier molecular flexibility index (Phi) is 4.16. The van der Waals surface area contributed by atoms with Crippen molar-refractivity contribution in [2.75, 3.05) is 0 Å². The zero-order valence-corrected chi connectivity index (χ0v) is 13.7. The van der Waals surface area contributed by atoms with Crippen LogP contribution < -0.4 is 0 Å². The van der Waals surface area contributed by atoms with Gasteiger partial charge < -0.3 is 9.47 Å². The highest BCUT2D eigenvalue weighted by molar-refractivity contribution is 5.98. The molecule has 0 aliphatic heterocycles. The highest BCUT2D eigenvalue weighted by atomic mass is 16.6. The predicted molar refractivity (Wildman–Crippen MR) is 84.6 cm³/mol. The maximum atomic E-state index is 12.7. The van der Waals surface area contributed by atoms with E-state index >= 15 is 0 Å². The molecule has 0 amide bonds. The molecule has 0 heterocycles. The zero-order chi connectivity index (χ0) is 15.8. The van der Waals surface area contributed by atoms with Crippen LogP contribution in [0.2, 0.25) is 0 Å². The Balaban J connectivity index is 1.46. The number of esters is 2. The summed E-state index contributed by atoms with van der Waals surface area (Å²) < 4.78 is 11.4. The van der Waals surface area contributed by atoms with Gasteiger partial charge in [-0.2, -0.15) is 0 Å². The van der Waals surface area contributed by atoms with Crippen molar-refractivity contribution in [1.82, 2.24) is 0 Å². The minimum absolute atomic E-state index is 0.0567. The van der Waals surface area contributed by atoms with Gasteiger partial charge in [0.05, 0.1) is 11.5 Å². The lowest BCUT2D eigenvalue weighted by Gasteiger charge is -2.24. The van der Waals surface area contributed by atoms with Crippen molar-refractivity contribution in [3.63, 3.8) is 0 Å². The van der Waals surface area contributed by atoms with Gasteiger partial charge in [-0.15, -0.1) is 0 Å². The number of allylic oxidation sites excluding steroid dienone is 1. The van der Waals surface area contributed by atoms with Crippen LogP contribution in [0.15, 0.2) is 11.1 Å². The molecule has 2 bridgehead atoms. The van der Waals surface area contributed by atoms with E-state index in [9.17, 15) is 9.59 Å². The molecule has 0 aromatic heterocycles. The Labute approximate surface area is 137 Å². The summed E-state index contributed by atoms with van der Waals surface area (Å²) in [6.07, 6.45) is 11.4. The Morgan fingerprint density at radius 2 is 1.43 bits per heavy atom. The Morgan fingerprint density at radius 1 is 0.826 bits per heavy atom. The number of fused-ring (bicyclic) bond motifs is 2. The molecular formula is C19H26O4. The number of ether oxygens (including phenoxy) is 2. The SMILES string of the molecule is O=C(OC1CCCC1)C1=C2CCC(C2)C1C(=O)OC1CCCC1. The zero-order valence-electron chi connectivity index (χ0n) is 13.7. The average Bonchev–Trinajstić information content (AvgIpc) is 3.30. The molecule has 2 atom stereocenters. The molecule has 4 aliphatic carbocycles. The molecule has 0 spiro atoms. The fraction of sp³-hybridized carbons (Fsp3) is 0.789. The van der Waals surface area contributed by atoms with Crippen LogP contribution in [0.25, 0.3) is 0 Å². The highest BCUT2D eigenvalue weighted by Gasteiger charge is 2.48. The third kappa shape index (κ3) is 2.92. The summed E-state index contributed by atoms with van der Waals surface area (Å²) in [5, 5.41) is 0. The minimum atomic E-state index is -0.353. The predicted octanol–water partition coefficient (Wildman–Crippen LogP) is 3.68. The van der Waals surface area contributed by atoms with Gasteiger partial charge in [0, 0.05) is 0 Å². The van der Waals surface area contributed by atoms with Gasteiger partial charge in [-0.3, -0.25) is 4.79 Å². The van der Waals surface area contributed by atoms with Crippen LogP contribution in [-0.4, -0.2) is 24.1 Å². The second kappa shape index (κ2) is 6.29. The third-order valence-electron chi connectivity index (χ3n) is 6.12. The van der Waals surface area contributed by atoms with Gasteiger partial charge in [-0.05, 0) is 76.5 Å². The second-order valence-electron chi connectivity index (χ2n) is 7.65. The largest absolute Gasteiger partial charge is 0.462 e. The van der Waals surface area contributed by atoms with Crippen LogP contribution in [-0.2, 0) is 19.1 Å². The van der Waals surface area contributed by atoms with Gasteiger partial charge in [-0.25, -0.2) is 4.79 Å². The van der Waals surface area contributed by atoms with Crippen molar-refractivity contribution in [3.05, 3.63) is 11.1 Å². The average molecular weight is 318 g/mol. The monoisotopic (exact) mass is 318 g/mol. The number of hydrogen-bond acceptors (Lipinski definition) is 4. The highest BCUT2D eigenvalue weighted by Crippen LogP contribution is 2.49. The first kappa shape index (κ1) is 15.2. The quantitative estimate of drug-likeness (QED) is 0.742. The van der Waals surface area contributed by atoms with Crippen molar-refractivity contribution in [2.45, 2.75) is 82.8 Å². The fourth-order valence-corrected chi connectivity index (χ4v) is 4.91. The van der Waals surface area contributed by atoms with Crippen LogP contribution >= 0.6 is 0 Å². The lowest BCUT2D eigenvalue weighted by molar-refractivity contribution is -0.157. The van der Waals surface area contributed by atoms with Crippen LogP contribution in [0.5, 0.6) is 0 Å². The van der Waals surface area contributed by atoms with Gasteiger partial charge in [-0.1, -0.05) is 5.57 Å². The molecule has 4 rings (SSSR count). The van der Waals surface area contributed by atoms with E-state index in [2.05, 4.69) is 0 Å². The lowest BCUT2D eigenvalue weighted by atomic mass is 9.86. The van der Waals surface area contributed by atoms with Crippen LogP contribution in [0.4, 0.5) is 0 Å². The molecule has 0 saturated heterocycles. The minimum Gasteiger partial charge on any atom is -0.462 e. The van der Waals surface area contributed by atoms with Crippen molar-refractivity contribution in [3.8, 4) is 0 Å². The van der Waals surface area contributed by atoms with Crippen molar-refractivity contribution in [2.24, 2.45) is 11.8 Å². The molecule has 0 aromatic carbocycles. The molecule has 3 saturated carbocycles. The summed E-state index contributed by atoms with van der Waals surface area (Å²) in [5.74, 6) is -0.490. The molecule has 4 nitrogen and oxygen atoms in total. The third-order valence-corrected chi connectivity index (χ3v) is 6.12. The standard InChI is InChI=1S/C19H26O4/c20-18(22-14-5-1-2-6-14)16-12-9-10-13(11-12)17(16)19(21)23-15-7-3-4-8-15/h12,14-16H,1-11H2. The summed E-state index contributed by atoms with van der Waals surface area (Å²) >= 11 is 0. The van der Waals surface area contributed by atoms with Crippen LogP contribution in [0.3, 0.4) is 0 Å². The van der Waals surface area contributed by atoms with Crippen LogP contribution in [0.1, 0.15) is 70.6 Å². The van der Waals surface area contributed by atoms with Gasteiger partial charge in [0.2, 0.25) is 0 Å². The molecule has 3 fully saturated rings. The molecule has 23 heavy (non-hydrogen) atoms. The molecule has 0 N–H and O–H groups in total.